The number of aliphatic carboxylic acids is 1. The van der Waals surface area contributed by atoms with Crippen LogP contribution in [0.15, 0.2) is 29.4 Å². The second-order valence-corrected chi connectivity index (χ2v) is 4.55. The minimum atomic E-state index is -1.27. The lowest BCUT2D eigenvalue weighted by Gasteiger charge is -2.14. The molecule has 0 heterocycles. The van der Waals surface area contributed by atoms with Crippen molar-refractivity contribution < 1.29 is 28.6 Å². The lowest BCUT2D eigenvalue weighted by molar-refractivity contribution is -0.143. The SMILES string of the molecule is [N-]=[N+]=NCC(=O)NC(COCc1cccc(OCCF)c1)C(=O)O. The second kappa shape index (κ2) is 10.8. The van der Waals surface area contributed by atoms with Gasteiger partial charge in [-0.15, -0.1) is 0 Å². The van der Waals surface area contributed by atoms with Crippen LogP contribution in [0.2, 0.25) is 0 Å². The van der Waals surface area contributed by atoms with Crippen LogP contribution in [0, 0.1) is 0 Å². The number of rotatable bonds is 11. The van der Waals surface area contributed by atoms with E-state index in [4.69, 9.17) is 20.1 Å². The van der Waals surface area contributed by atoms with Crippen LogP contribution in [0.4, 0.5) is 4.39 Å². The van der Waals surface area contributed by atoms with Crippen LogP contribution >= 0.6 is 0 Å². The third-order valence-electron chi connectivity index (χ3n) is 2.71. The van der Waals surface area contributed by atoms with Gasteiger partial charge in [0.1, 0.15) is 25.6 Å². The normalized spacial score (nSPS) is 11.2. The highest BCUT2D eigenvalue weighted by Gasteiger charge is 2.19. The van der Waals surface area contributed by atoms with Crippen molar-refractivity contribution in [2.45, 2.75) is 12.6 Å². The fourth-order valence-electron chi connectivity index (χ4n) is 1.69. The van der Waals surface area contributed by atoms with Gasteiger partial charge >= 0.3 is 5.97 Å². The average molecular weight is 340 g/mol. The summed E-state index contributed by atoms with van der Waals surface area (Å²) in [5.74, 6) is -1.51. The van der Waals surface area contributed by atoms with Crippen molar-refractivity contribution in [1.82, 2.24) is 5.32 Å². The third kappa shape index (κ3) is 7.43. The van der Waals surface area contributed by atoms with Crippen LogP contribution in [-0.2, 0) is 20.9 Å². The lowest BCUT2D eigenvalue weighted by Crippen LogP contribution is -2.44. The van der Waals surface area contributed by atoms with Gasteiger partial charge < -0.3 is 19.9 Å². The van der Waals surface area contributed by atoms with Crippen molar-refractivity contribution in [3.63, 3.8) is 0 Å². The van der Waals surface area contributed by atoms with Gasteiger partial charge in [0.05, 0.1) is 13.2 Å². The zero-order chi connectivity index (χ0) is 17.8. The maximum Gasteiger partial charge on any atom is 0.328 e. The highest BCUT2D eigenvalue weighted by molar-refractivity contribution is 5.84. The van der Waals surface area contributed by atoms with E-state index in [2.05, 4.69) is 15.3 Å². The predicted octanol–water partition coefficient (Wildman–Crippen LogP) is 1.43. The number of benzene rings is 1. The largest absolute Gasteiger partial charge is 0.491 e. The van der Waals surface area contributed by atoms with Gasteiger partial charge in [0.2, 0.25) is 5.91 Å². The Hall–Kier alpha value is -2.84. The Morgan fingerprint density at radius 1 is 1.46 bits per heavy atom. The number of carbonyl (C=O) groups is 2. The summed E-state index contributed by atoms with van der Waals surface area (Å²) in [6.45, 7) is -1.33. The zero-order valence-corrected chi connectivity index (χ0v) is 12.7. The summed E-state index contributed by atoms with van der Waals surface area (Å²) in [6.07, 6.45) is 0. The molecule has 130 valence electrons. The molecule has 0 saturated heterocycles. The fraction of sp³-hybridized carbons (Fsp3) is 0.429. The Balaban J connectivity index is 2.48. The molecule has 1 atom stereocenters. The van der Waals surface area contributed by atoms with Crippen LogP contribution in [0.1, 0.15) is 5.56 Å². The van der Waals surface area contributed by atoms with Gasteiger partial charge in [0.15, 0.2) is 6.04 Å². The summed E-state index contributed by atoms with van der Waals surface area (Å²) < 4.78 is 22.5. The van der Waals surface area contributed by atoms with Crippen LogP contribution in [0.25, 0.3) is 10.4 Å². The molecule has 9 nitrogen and oxygen atoms in total. The summed E-state index contributed by atoms with van der Waals surface area (Å²) in [6, 6.07) is 5.47. The topological polar surface area (TPSA) is 134 Å². The van der Waals surface area contributed by atoms with E-state index >= 15 is 0 Å². The molecule has 1 aromatic carbocycles. The number of hydrogen-bond acceptors (Lipinski definition) is 5. The standard InChI is InChI=1S/C14H17FN4O5/c15-4-5-24-11-3-1-2-10(6-11)8-23-9-12(14(21)22)18-13(20)7-17-19-16/h1-3,6,12H,4-5,7-9H2,(H,18,20)(H,21,22). The molecule has 10 heteroatoms. The molecule has 0 fully saturated rings. The van der Waals surface area contributed by atoms with Gasteiger partial charge in [0, 0.05) is 4.91 Å². The van der Waals surface area contributed by atoms with E-state index in [1.807, 2.05) is 0 Å². The Morgan fingerprint density at radius 2 is 2.25 bits per heavy atom. The first-order valence-corrected chi connectivity index (χ1v) is 6.95. The Kier molecular flexibility index (Phi) is 8.65. The van der Waals surface area contributed by atoms with E-state index in [1.54, 1.807) is 24.3 Å². The van der Waals surface area contributed by atoms with Gasteiger partial charge in [-0.1, -0.05) is 17.2 Å². The molecular formula is C14H17FN4O5. The minimum Gasteiger partial charge on any atom is -0.491 e. The van der Waals surface area contributed by atoms with Gasteiger partial charge in [-0.25, -0.2) is 9.18 Å². The number of halogens is 1. The number of ether oxygens (including phenoxy) is 2. The molecule has 24 heavy (non-hydrogen) atoms. The van der Waals surface area contributed by atoms with Crippen LogP contribution in [0.5, 0.6) is 5.75 Å². The number of carboxylic acids is 1. The van der Waals surface area contributed by atoms with Gasteiger partial charge in [-0.2, -0.15) is 0 Å². The van der Waals surface area contributed by atoms with Crippen LogP contribution < -0.4 is 10.1 Å². The number of hydrogen-bond donors (Lipinski definition) is 2. The summed E-state index contributed by atoms with van der Waals surface area (Å²) in [7, 11) is 0. The quantitative estimate of drug-likeness (QED) is 0.357. The van der Waals surface area contributed by atoms with Gasteiger partial charge in [-0.05, 0) is 23.2 Å². The van der Waals surface area contributed by atoms with E-state index in [0.29, 0.717) is 11.3 Å². The molecule has 1 unspecified atom stereocenters. The molecule has 2 N–H and O–H groups in total. The zero-order valence-electron chi connectivity index (χ0n) is 12.7. The molecule has 1 amide bonds. The van der Waals surface area contributed by atoms with E-state index < -0.39 is 31.1 Å². The molecule has 1 rings (SSSR count). The number of amides is 1. The summed E-state index contributed by atoms with van der Waals surface area (Å²) in [4.78, 5) is 24.8. The highest BCUT2D eigenvalue weighted by Crippen LogP contribution is 2.14. The van der Waals surface area contributed by atoms with E-state index in [0.717, 1.165) is 0 Å². The second-order valence-electron chi connectivity index (χ2n) is 4.55. The molecule has 0 spiro atoms. The van der Waals surface area contributed by atoms with Crippen molar-refractivity contribution in [2.75, 3.05) is 26.4 Å². The highest BCUT2D eigenvalue weighted by atomic mass is 19.1. The number of azide groups is 1. The van der Waals surface area contributed by atoms with Crippen molar-refractivity contribution >= 4 is 11.9 Å². The minimum absolute atomic E-state index is 0.0530. The molecule has 0 aliphatic rings. The average Bonchev–Trinajstić information content (AvgIpc) is 2.57. The summed E-state index contributed by atoms with van der Waals surface area (Å²) in [5.41, 5.74) is 8.81. The first-order valence-electron chi connectivity index (χ1n) is 6.95. The lowest BCUT2D eigenvalue weighted by atomic mass is 10.2. The van der Waals surface area contributed by atoms with Crippen LogP contribution in [-0.4, -0.2) is 49.5 Å². The molecule has 0 saturated carbocycles. The van der Waals surface area contributed by atoms with Crippen molar-refractivity contribution in [2.24, 2.45) is 5.11 Å². The van der Waals surface area contributed by atoms with Crippen molar-refractivity contribution in [1.29, 1.82) is 0 Å². The maximum atomic E-state index is 12.1. The molecule has 0 aliphatic heterocycles. The number of alkyl halides is 1. The van der Waals surface area contributed by atoms with Crippen molar-refractivity contribution in [3.8, 4) is 5.75 Å². The molecule has 0 aliphatic carbocycles. The molecule has 0 bridgehead atoms. The van der Waals surface area contributed by atoms with Crippen molar-refractivity contribution in [3.05, 3.63) is 40.3 Å². The van der Waals surface area contributed by atoms with Gasteiger partial charge in [-0.3, -0.25) is 4.79 Å². The molecule has 1 aromatic rings. The first kappa shape index (κ1) is 19.2. The summed E-state index contributed by atoms with van der Waals surface area (Å²) >= 11 is 0. The monoisotopic (exact) mass is 340 g/mol. The van der Waals surface area contributed by atoms with E-state index in [1.165, 1.54) is 0 Å². The number of nitrogens with zero attached hydrogens (tertiary/aromatic N) is 3. The number of nitrogens with one attached hydrogen (secondary N) is 1. The number of carboxylic acid groups (broad SMARTS) is 1. The maximum absolute atomic E-state index is 12.1. The fourth-order valence-corrected chi connectivity index (χ4v) is 1.69. The van der Waals surface area contributed by atoms with Crippen LogP contribution in [0.3, 0.4) is 0 Å². The first-order chi connectivity index (χ1) is 11.6. The van der Waals surface area contributed by atoms with E-state index in [9.17, 15) is 14.0 Å². The smallest absolute Gasteiger partial charge is 0.328 e. The Bertz CT molecular complexity index is 607. The van der Waals surface area contributed by atoms with E-state index in [-0.39, 0.29) is 19.8 Å². The van der Waals surface area contributed by atoms with Gasteiger partial charge in [0.25, 0.3) is 0 Å². The third-order valence-corrected chi connectivity index (χ3v) is 2.71. The molecule has 0 radical (unpaired) electrons. The molecule has 0 aromatic heterocycles. The number of carbonyl (C=O) groups excluding carboxylic acids is 1. The molecular weight excluding hydrogens is 323 g/mol. The predicted molar refractivity (Wildman–Crippen MR) is 81.1 cm³/mol. The summed E-state index contributed by atoms with van der Waals surface area (Å²) in [5, 5.41) is 14.3. The Labute approximate surface area is 137 Å². The Morgan fingerprint density at radius 3 is 2.92 bits per heavy atom.